The van der Waals surface area contributed by atoms with Crippen molar-refractivity contribution in [3.63, 3.8) is 0 Å². The van der Waals surface area contributed by atoms with Gasteiger partial charge in [-0.25, -0.2) is 0 Å². The van der Waals surface area contributed by atoms with E-state index < -0.39 is 7.12 Å². The Morgan fingerprint density at radius 2 is 1.68 bits per heavy atom. The Labute approximate surface area is 114 Å². The molecule has 0 aromatic heterocycles. The Hall–Kier alpha value is -1.58. The number of fused-ring (bicyclic) bond motifs is 1. The molecule has 3 heteroatoms. The van der Waals surface area contributed by atoms with E-state index in [0.29, 0.717) is 5.47 Å². The summed E-state index contributed by atoms with van der Waals surface area (Å²) in [5, 5.41) is 18.7. The van der Waals surface area contributed by atoms with E-state index in [0.717, 1.165) is 5.56 Å². The van der Waals surface area contributed by atoms with Crippen molar-refractivity contribution in [1.29, 1.82) is 0 Å². The highest BCUT2D eigenvalue weighted by Gasteiger charge is 2.25. The molecule has 1 aliphatic rings. The highest BCUT2D eigenvalue weighted by molar-refractivity contribution is 6.52. The maximum absolute atomic E-state index is 9.36. The van der Waals surface area contributed by atoms with Crippen LogP contribution >= 0.6 is 0 Å². The van der Waals surface area contributed by atoms with Gasteiger partial charge in [-0.1, -0.05) is 68.0 Å². The zero-order valence-electron chi connectivity index (χ0n) is 11.6. The smallest absolute Gasteiger partial charge is 0.423 e. The maximum Gasteiger partial charge on any atom is 0.488 e. The fourth-order valence-corrected chi connectivity index (χ4v) is 2.27. The molecule has 2 nitrogen and oxygen atoms in total. The van der Waals surface area contributed by atoms with Crippen molar-refractivity contribution in [2.45, 2.75) is 26.2 Å². The fourth-order valence-electron chi connectivity index (χ4n) is 2.27. The van der Waals surface area contributed by atoms with Crippen molar-refractivity contribution in [3.8, 4) is 0 Å². The molecule has 0 fully saturated rings. The van der Waals surface area contributed by atoms with Gasteiger partial charge in [0.25, 0.3) is 0 Å². The predicted molar refractivity (Wildman–Crippen MR) is 80.5 cm³/mol. The van der Waals surface area contributed by atoms with Gasteiger partial charge >= 0.3 is 7.12 Å². The van der Waals surface area contributed by atoms with E-state index in [1.54, 1.807) is 12.2 Å². The van der Waals surface area contributed by atoms with E-state index in [4.69, 9.17) is 0 Å². The monoisotopic (exact) mass is 254 g/mol. The molecule has 2 rings (SSSR count). The van der Waals surface area contributed by atoms with Crippen LogP contribution in [0, 0.1) is 0 Å². The summed E-state index contributed by atoms with van der Waals surface area (Å²) in [4.78, 5) is 0. The number of hydrogen-bond acceptors (Lipinski definition) is 2. The van der Waals surface area contributed by atoms with Gasteiger partial charge in [0.2, 0.25) is 0 Å². The molecule has 1 aromatic rings. The molecule has 2 N–H and O–H groups in total. The lowest BCUT2D eigenvalue weighted by Crippen LogP contribution is -2.19. The van der Waals surface area contributed by atoms with Crippen LogP contribution in [-0.4, -0.2) is 17.2 Å². The van der Waals surface area contributed by atoms with Crippen LogP contribution in [0.2, 0.25) is 0 Å². The minimum absolute atomic E-state index is 0.0900. The predicted octanol–water partition coefficient (Wildman–Crippen LogP) is 2.88. The van der Waals surface area contributed by atoms with Gasteiger partial charge in [0.15, 0.2) is 0 Å². The number of benzene rings is 1. The molecule has 0 saturated carbocycles. The highest BCUT2D eigenvalue weighted by atomic mass is 16.4. The summed E-state index contributed by atoms with van der Waals surface area (Å²) in [5.41, 5.74) is 3.93. The van der Waals surface area contributed by atoms with Crippen molar-refractivity contribution in [1.82, 2.24) is 0 Å². The van der Waals surface area contributed by atoms with Crippen LogP contribution in [0.3, 0.4) is 0 Å². The Balaban J connectivity index is 2.65. The Kier molecular flexibility index (Phi) is 3.79. The summed E-state index contributed by atoms with van der Waals surface area (Å²) in [6, 6.07) is 8.20. The van der Waals surface area contributed by atoms with E-state index in [1.165, 1.54) is 11.1 Å². The fraction of sp³-hybridized carbons (Fsp3) is 0.250. The van der Waals surface area contributed by atoms with Crippen molar-refractivity contribution >= 4 is 13.2 Å². The molecule has 0 radical (unpaired) electrons. The first-order valence-corrected chi connectivity index (χ1v) is 6.45. The molecular formula is C16H19BO2. The first-order chi connectivity index (χ1) is 8.93. The van der Waals surface area contributed by atoms with Crippen LogP contribution in [0.5, 0.6) is 0 Å². The molecule has 1 aliphatic carbocycles. The summed E-state index contributed by atoms with van der Waals surface area (Å²) in [6.45, 7) is 6.43. The number of allylic oxidation sites excluding steroid dienone is 5. The molecule has 1 aromatic carbocycles. The minimum Gasteiger partial charge on any atom is -0.423 e. The summed E-state index contributed by atoms with van der Waals surface area (Å²) in [7, 11) is -1.45. The van der Waals surface area contributed by atoms with Gasteiger partial charge in [0, 0.05) is 5.41 Å². The largest absolute Gasteiger partial charge is 0.488 e. The van der Waals surface area contributed by atoms with Gasteiger partial charge in [-0.3, -0.25) is 0 Å². The van der Waals surface area contributed by atoms with E-state index in [9.17, 15) is 10.0 Å². The first-order valence-electron chi connectivity index (χ1n) is 6.45. The topological polar surface area (TPSA) is 40.5 Å². The van der Waals surface area contributed by atoms with Crippen molar-refractivity contribution in [3.05, 3.63) is 64.7 Å². The number of rotatable bonds is 1. The molecule has 0 aliphatic heterocycles. The Morgan fingerprint density at radius 3 is 2.37 bits per heavy atom. The normalized spacial score (nSPS) is 24.7. The second-order valence-electron chi connectivity index (χ2n) is 5.44. The van der Waals surface area contributed by atoms with Gasteiger partial charge < -0.3 is 10.0 Å². The molecule has 19 heavy (non-hydrogen) atoms. The lowest BCUT2D eigenvalue weighted by Gasteiger charge is -2.28. The molecule has 0 unspecified atom stereocenters. The average molecular weight is 254 g/mol. The maximum atomic E-state index is 9.36. The van der Waals surface area contributed by atoms with E-state index in [2.05, 4.69) is 26.8 Å². The Morgan fingerprint density at radius 1 is 1.00 bits per heavy atom. The quantitative estimate of drug-likeness (QED) is 0.756. The first kappa shape index (κ1) is 13.8. The molecular weight excluding hydrogens is 235 g/mol. The molecule has 0 saturated heterocycles. The third kappa shape index (κ3) is 2.72. The van der Waals surface area contributed by atoms with E-state index in [1.807, 2.05) is 30.4 Å². The van der Waals surface area contributed by atoms with Crippen LogP contribution in [0.1, 0.15) is 31.9 Å². The van der Waals surface area contributed by atoms with E-state index >= 15 is 0 Å². The molecule has 98 valence electrons. The minimum atomic E-state index is -1.45. The second kappa shape index (κ2) is 5.20. The lowest BCUT2D eigenvalue weighted by atomic mass is 9.76. The number of hydrogen-bond donors (Lipinski definition) is 2. The van der Waals surface area contributed by atoms with Crippen molar-refractivity contribution in [2.75, 3.05) is 0 Å². The van der Waals surface area contributed by atoms with Crippen LogP contribution < -0.4 is 0 Å². The van der Waals surface area contributed by atoms with Gasteiger partial charge in [-0.05, 0) is 23.5 Å². The third-order valence-electron chi connectivity index (χ3n) is 3.90. The molecule has 0 atom stereocenters. The van der Waals surface area contributed by atoms with E-state index in [-0.39, 0.29) is 5.41 Å². The SMILES string of the molecule is C\C1=C/C=C(B(O)O)\C=C\c2ccccc2C1(C)C. The Bertz CT molecular complexity index is 566. The second-order valence-corrected chi connectivity index (χ2v) is 5.44. The summed E-state index contributed by atoms with van der Waals surface area (Å²) < 4.78 is 0. The van der Waals surface area contributed by atoms with Crippen LogP contribution in [-0.2, 0) is 5.41 Å². The summed E-state index contributed by atoms with van der Waals surface area (Å²) >= 11 is 0. The lowest BCUT2D eigenvalue weighted by molar-refractivity contribution is 0.421. The molecule has 0 amide bonds. The summed E-state index contributed by atoms with van der Waals surface area (Å²) in [6.07, 6.45) is 7.43. The van der Waals surface area contributed by atoms with Gasteiger partial charge in [-0.15, -0.1) is 0 Å². The molecule has 0 spiro atoms. The van der Waals surface area contributed by atoms with Crippen LogP contribution in [0.4, 0.5) is 0 Å². The summed E-state index contributed by atoms with van der Waals surface area (Å²) in [5.74, 6) is 0. The molecule has 0 bridgehead atoms. The van der Waals surface area contributed by atoms with Crippen molar-refractivity contribution in [2.24, 2.45) is 0 Å². The van der Waals surface area contributed by atoms with Gasteiger partial charge in [0.05, 0.1) is 0 Å². The highest BCUT2D eigenvalue weighted by Crippen LogP contribution is 2.35. The van der Waals surface area contributed by atoms with Gasteiger partial charge in [0.1, 0.15) is 0 Å². The van der Waals surface area contributed by atoms with Crippen LogP contribution in [0.15, 0.2) is 53.5 Å². The average Bonchev–Trinajstić information content (AvgIpc) is 2.41. The van der Waals surface area contributed by atoms with Crippen LogP contribution in [0.25, 0.3) is 6.08 Å². The van der Waals surface area contributed by atoms with Gasteiger partial charge in [-0.2, -0.15) is 0 Å². The third-order valence-corrected chi connectivity index (χ3v) is 3.90. The standard InChI is InChI=1S/C16H19BO2/c1-12-8-10-14(17(18)19)11-9-13-6-4-5-7-15(13)16(12,2)3/h4-11,18-19H,1-3H3/b11-9+,12-8+,14-10+. The zero-order valence-corrected chi connectivity index (χ0v) is 11.6. The molecule has 0 heterocycles. The van der Waals surface area contributed by atoms with Crippen molar-refractivity contribution < 1.29 is 10.0 Å². The zero-order chi connectivity index (χ0) is 14.0.